The quantitative estimate of drug-likeness (QED) is 0.646. The van der Waals surface area contributed by atoms with E-state index in [0.29, 0.717) is 0 Å². The van der Waals surface area contributed by atoms with E-state index >= 15 is 0 Å². The van der Waals surface area contributed by atoms with Crippen molar-refractivity contribution in [2.24, 2.45) is 5.92 Å². The average Bonchev–Trinajstić information content (AvgIpc) is 2.16. The van der Waals surface area contributed by atoms with Gasteiger partial charge in [-0.25, -0.2) is 4.39 Å². The molecule has 1 rings (SSSR count). The van der Waals surface area contributed by atoms with Crippen LogP contribution in [-0.4, -0.2) is 10.8 Å². The molecule has 0 N–H and O–H groups in total. The van der Waals surface area contributed by atoms with Gasteiger partial charge in [0.05, 0.1) is 17.8 Å². The number of aromatic nitrogens is 1. The van der Waals surface area contributed by atoms with Gasteiger partial charge in [0.15, 0.2) is 11.6 Å². The van der Waals surface area contributed by atoms with Gasteiger partial charge in [0, 0.05) is 6.20 Å². The second-order valence-electron chi connectivity index (χ2n) is 2.57. The maximum atomic E-state index is 12.9. The average molecular weight is 178 g/mol. The van der Waals surface area contributed by atoms with Crippen LogP contribution in [0, 0.1) is 23.1 Å². The molecule has 13 heavy (non-hydrogen) atoms. The van der Waals surface area contributed by atoms with E-state index < -0.39 is 17.5 Å². The Labute approximate surface area is 74.8 Å². The number of hydrogen-bond acceptors (Lipinski definition) is 3. The summed E-state index contributed by atoms with van der Waals surface area (Å²) >= 11 is 0. The van der Waals surface area contributed by atoms with E-state index in [1.807, 2.05) is 0 Å². The van der Waals surface area contributed by atoms with Gasteiger partial charge in [-0.3, -0.25) is 9.78 Å². The zero-order chi connectivity index (χ0) is 9.84. The highest BCUT2D eigenvalue weighted by Gasteiger charge is 2.17. The summed E-state index contributed by atoms with van der Waals surface area (Å²) in [5.74, 6) is -2.02. The minimum atomic E-state index is -0.822. The first-order chi connectivity index (χ1) is 6.16. The van der Waals surface area contributed by atoms with Crippen LogP contribution in [0.1, 0.15) is 17.3 Å². The van der Waals surface area contributed by atoms with Crippen LogP contribution in [0.4, 0.5) is 4.39 Å². The van der Waals surface area contributed by atoms with Crippen LogP contribution in [0.2, 0.25) is 0 Å². The number of pyridine rings is 1. The molecule has 0 saturated heterocycles. The third-order valence-electron chi connectivity index (χ3n) is 1.62. The lowest BCUT2D eigenvalue weighted by molar-refractivity contribution is 0.0952. The maximum Gasteiger partial charge on any atom is 0.182 e. The molecule has 0 spiro atoms. The Morgan fingerprint density at radius 1 is 1.77 bits per heavy atom. The lowest BCUT2D eigenvalue weighted by atomic mass is 10.0. The molecule has 0 bridgehead atoms. The monoisotopic (exact) mass is 178 g/mol. The smallest absolute Gasteiger partial charge is 0.182 e. The highest BCUT2D eigenvalue weighted by atomic mass is 19.1. The van der Waals surface area contributed by atoms with Gasteiger partial charge in [0.1, 0.15) is 5.92 Å². The number of ketones is 1. The molecule has 0 fully saturated rings. The Bertz CT molecular complexity index is 370. The zero-order valence-electron chi connectivity index (χ0n) is 6.99. The number of Topliss-reactive ketones (excluding diaryl/α,β-unsaturated/α-hetero) is 1. The van der Waals surface area contributed by atoms with Crippen molar-refractivity contribution in [1.82, 2.24) is 4.98 Å². The third-order valence-corrected chi connectivity index (χ3v) is 1.62. The summed E-state index contributed by atoms with van der Waals surface area (Å²) in [5, 5.41) is 8.45. The zero-order valence-corrected chi connectivity index (χ0v) is 6.99. The van der Waals surface area contributed by atoms with E-state index in [9.17, 15) is 9.18 Å². The molecule has 0 saturated carbocycles. The summed E-state index contributed by atoms with van der Waals surface area (Å²) in [4.78, 5) is 14.8. The largest absolute Gasteiger partial charge is 0.293 e. The van der Waals surface area contributed by atoms with Crippen LogP contribution in [-0.2, 0) is 0 Å². The minimum absolute atomic E-state index is 0.0796. The number of carbonyl (C=O) groups is 1. The second kappa shape index (κ2) is 3.76. The normalized spacial score (nSPS) is 11.8. The molecule has 0 radical (unpaired) electrons. The first-order valence-corrected chi connectivity index (χ1v) is 3.70. The van der Waals surface area contributed by atoms with Crippen LogP contribution >= 0.6 is 0 Å². The molecule has 0 aliphatic carbocycles. The minimum Gasteiger partial charge on any atom is -0.293 e. The Balaban J connectivity index is 3.04. The summed E-state index contributed by atoms with van der Waals surface area (Å²) < 4.78 is 12.9. The Morgan fingerprint density at radius 3 is 3.00 bits per heavy atom. The highest BCUT2D eigenvalue weighted by Crippen LogP contribution is 2.10. The molecule has 1 aromatic heterocycles. The van der Waals surface area contributed by atoms with E-state index in [-0.39, 0.29) is 5.56 Å². The SMILES string of the molecule is CC(C#N)C(=O)c1ccncc1F. The summed E-state index contributed by atoms with van der Waals surface area (Å²) in [7, 11) is 0. The van der Waals surface area contributed by atoms with E-state index in [2.05, 4.69) is 4.98 Å². The van der Waals surface area contributed by atoms with Crippen LogP contribution in [0.5, 0.6) is 0 Å². The van der Waals surface area contributed by atoms with Crippen LogP contribution in [0.3, 0.4) is 0 Å². The van der Waals surface area contributed by atoms with Gasteiger partial charge in [0.2, 0.25) is 0 Å². The maximum absolute atomic E-state index is 12.9. The van der Waals surface area contributed by atoms with Gasteiger partial charge >= 0.3 is 0 Å². The molecule has 0 aliphatic heterocycles. The Morgan fingerprint density at radius 2 is 2.46 bits per heavy atom. The topological polar surface area (TPSA) is 53.8 Å². The van der Waals surface area contributed by atoms with Gasteiger partial charge in [-0.05, 0) is 13.0 Å². The molecule has 66 valence electrons. The lowest BCUT2D eigenvalue weighted by Gasteiger charge is -2.01. The molecule has 0 amide bonds. The van der Waals surface area contributed by atoms with Crippen molar-refractivity contribution < 1.29 is 9.18 Å². The van der Waals surface area contributed by atoms with Crippen molar-refractivity contribution in [3.63, 3.8) is 0 Å². The second-order valence-corrected chi connectivity index (χ2v) is 2.57. The first-order valence-electron chi connectivity index (χ1n) is 3.70. The highest BCUT2D eigenvalue weighted by molar-refractivity contribution is 5.99. The standard InChI is InChI=1S/C9H7FN2O/c1-6(4-11)9(13)7-2-3-12-5-8(7)10/h2-3,5-6H,1H3. The Hall–Kier alpha value is -1.76. The van der Waals surface area contributed by atoms with E-state index in [1.54, 1.807) is 6.07 Å². The fraction of sp³-hybridized carbons (Fsp3) is 0.222. The number of halogens is 1. The van der Waals surface area contributed by atoms with Gasteiger partial charge in [-0.2, -0.15) is 5.26 Å². The molecule has 1 aromatic rings. The van der Waals surface area contributed by atoms with Crippen molar-refractivity contribution in [3.05, 3.63) is 29.8 Å². The van der Waals surface area contributed by atoms with Gasteiger partial charge in [-0.15, -0.1) is 0 Å². The summed E-state index contributed by atoms with van der Waals surface area (Å²) in [6.45, 7) is 1.43. The van der Waals surface area contributed by atoms with Crippen LogP contribution in [0.15, 0.2) is 18.5 Å². The summed E-state index contributed by atoms with van der Waals surface area (Å²) in [6, 6.07) is 3.02. The fourth-order valence-electron chi connectivity index (χ4n) is 0.867. The molecule has 1 unspecified atom stereocenters. The molecule has 1 atom stereocenters. The van der Waals surface area contributed by atoms with Gasteiger partial charge in [-0.1, -0.05) is 0 Å². The number of hydrogen-bond donors (Lipinski definition) is 0. The van der Waals surface area contributed by atoms with Crippen molar-refractivity contribution in [2.75, 3.05) is 0 Å². The van der Waals surface area contributed by atoms with Crippen molar-refractivity contribution in [1.29, 1.82) is 5.26 Å². The van der Waals surface area contributed by atoms with Crippen molar-refractivity contribution in [3.8, 4) is 6.07 Å². The number of nitrogens with zero attached hydrogens (tertiary/aromatic N) is 2. The number of carbonyl (C=O) groups excluding carboxylic acids is 1. The molecule has 3 nitrogen and oxygen atoms in total. The van der Waals surface area contributed by atoms with Gasteiger partial charge in [0.25, 0.3) is 0 Å². The first kappa shape index (κ1) is 9.33. The molecule has 0 aliphatic rings. The fourth-order valence-corrected chi connectivity index (χ4v) is 0.867. The van der Waals surface area contributed by atoms with Crippen molar-refractivity contribution >= 4 is 5.78 Å². The van der Waals surface area contributed by atoms with E-state index in [0.717, 1.165) is 6.20 Å². The van der Waals surface area contributed by atoms with Crippen LogP contribution < -0.4 is 0 Å². The summed E-state index contributed by atoms with van der Waals surface area (Å²) in [6.07, 6.45) is 2.28. The van der Waals surface area contributed by atoms with E-state index in [4.69, 9.17) is 5.26 Å². The molecule has 4 heteroatoms. The lowest BCUT2D eigenvalue weighted by Crippen LogP contribution is -2.11. The molecular weight excluding hydrogens is 171 g/mol. The van der Waals surface area contributed by atoms with Crippen molar-refractivity contribution in [2.45, 2.75) is 6.92 Å². The molecular formula is C9H7FN2O. The van der Waals surface area contributed by atoms with E-state index in [1.165, 1.54) is 19.2 Å². The number of rotatable bonds is 2. The predicted octanol–water partition coefficient (Wildman–Crippen LogP) is 1.56. The van der Waals surface area contributed by atoms with Gasteiger partial charge < -0.3 is 0 Å². The molecule has 0 aromatic carbocycles. The predicted molar refractivity (Wildman–Crippen MR) is 43.3 cm³/mol. The number of nitriles is 1. The van der Waals surface area contributed by atoms with Crippen LogP contribution in [0.25, 0.3) is 0 Å². The third kappa shape index (κ3) is 1.88. The molecule has 1 heterocycles. The summed E-state index contributed by atoms with van der Waals surface area (Å²) in [5.41, 5.74) is -0.0796. The Kier molecular flexibility index (Phi) is 2.70.